The van der Waals surface area contributed by atoms with Gasteiger partial charge in [-0.2, -0.15) is 0 Å². The number of rotatable bonds is 3. The van der Waals surface area contributed by atoms with Gasteiger partial charge < -0.3 is 10.2 Å². The average Bonchev–Trinajstić information content (AvgIpc) is 2.50. The van der Waals surface area contributed by atoms with Crippen molar-refractivity contribution in [2.45, 2.75) is 18.9 Å². The van der Waals surface area contributed by atoms with Gasteiger partial charge in [0.1, 0.15) is 12.1 Å². The van der Waals surface area contributed by atoms with Crippen molar-refractivity contribution in [1.29, 1.82) is 0 Å². The summed E-state index contributed by atoms with van der Waals surface area (Å²) in [4.78, 5) is 21.2. The molecule has 0 saturated carbocycles. The fourth-order valence-electron chi connectivity index (χ4n) is 2.68. The fraction of sp³-hybridized carbons (Fsp3) is 0.429. The number of nitrogens with one attached hydrogen (secondary N) is 1. The number of likely N-dealkylation sites (tertiary alicyclic amines) is 1. The van der Waals surface area contributed by atoms with E-state index in [1.165, 1.54) is 18.5 Å². The number of nitro groups is 1. The fourth-order valence-corrected chi connectivity index (χ4v) is 2.94. The molecule has 1 fully saturated rings. The SMILES string of the molecule is CN1CCC(Nc2ncnc3c(Cl)cc([N+](=O)[O-])cc23)CC1. The maximum absolute atomic E-state index is 11.0. The molecule has 0 spiro atoms. The molecule has 1 saturated heterocycles. The largest absolute Gasteiger partial charge is 0.367 e. The molecule has 0 amide bonds. The van der Waals surface area contributed by atoms with Gasteiger partial charge in [-0.3, -0.25) is 10.1 Å². The number of nitrogens with zero attached hydrogens (tertiary/aromatic N) is 4. The van der Waals surface area contributed by atoms with Gasteiger partial charge >= 0.3 is 0 Å². The third-order valence-electron chi connectivity index (χ3n) is 3.95. The minimum Gasteiger partial charge on any atom is -0.367 e. The van der Waals surface area contributed by atoms with Gasteiger partial charge in [-0.25, -0.2) is 9.97 Å². The first-order valence-electron chi connectivity index (χ1n) is 7.08. The Bertz CT molecular complexity index is 716. The van der Waals surface area contributed by atoms with Crippen LogP contribution in [0.5, 0.6) is 0 Å². The van der Waals surface area contributed by atoms with Crippen LogP contribution in [0.25, 0.3) is 10.9 Å². The standard InChI is InChI=1S/C14H16ClN5O2/c1-19-4-2-9(3-5-19)18-14-11-6-10(20(21)22)7-12(15)13(11)16-8-17-14/h6-9H,2-5H2,1H3,(H,16,17,18). The number of anilines is 1. The normalized spacial score (nSPS) is 16.8. The van der Waals surface area contributed by atoms with Crippen molar-refractivity contribution >= 4 is 34.0 Å². The van der Waals surface area contributed by atoms with Crippen molar-refractivity contribution in [2.75, 3.05) is 25.5 Å². The smallest absolute Gasteiger partial charge is 0.271 e. The number of piperidine rings is 1. The Hall–Kier alpha value is -1.99. The molecule has 0 radical (unpaired) electrons. The highest BCUT2D eigenvalue weighted by Gasteiger charge is 2.19. The molecule has 116 valence electrons. The second kappa shape index (κ2) is 6.02. The van der Waals surface area contributed by atoms with Gasteiger partial charge in [0.05, 0.1) is 20.8 Å². The summed E-state index contributed by atoms with van der Waals surface area (Å²) in [6, 6.07) is 3.08. The van der Waals surface area contributed by atoms with Crippen molar-refractivity contribution in [1.82, 2.24) is 14.9 Å². The summed E-state index contributed by atoms with van der Waals surface area (Å²) in [6.45, 7) is 2.03. The van der Waals surface area contributed by atoms with E-state index in [2.05, 4.69) is 27.2 Å². The Labute approximate surface area is 132 Å². The van der Waals surface area contributed by atoms with Crippen LogP contribution in [0.2, 0.25) is 5.02 Å². The number of aromatic nitrogens is 2. The lowest BCUT2D eigenvalue weighted by Crippen LogP contribution is -2.36. The molecule has 2 aromatic rings. The molecule has 1 aromatic carbocycles. The lowest BCUT2D eigenvalue weighted by molar-refractivity contribution is -0.384. The van der Waals surface area contributed by atoms with E-state index in [1.54, 1.807) is 0 Å². The van der Waals surface area contributed by atoms with Crippen LogP contribution in [0, 0.1) is 10.1 Å². The highest BCUT2D eigenvalue weighted by molar-refractivity contribution is 6.35. The van der Waals surface area contributed by atoms with E-state index in [4.69, 9.17) is 11.6 Å². The van der Waals surface area contributed by atoms with Gasteiger partial charge in [-0.1, -0.05) is 11.6 Å². The van der Waals surface area contributed by atoms with Crippen LogP contribution in [0.1, 0.15) is 12.8 Å². The average molecular weight is 322 g/mol. The Kier molecular flexibility index (Phi) is 4.08. The molecule has 0 aliphatic carbocycles. The quantitative estimate of drug-likeness (QED) is 0.691. The molecule has 1 N–H and O–H groups in total. The van der Waals surface area contributed by atoms with E-state index < -0.39 is 4.92 Å². The minimum atomic E-state index is -0.461. The monoisotopic (exact) mass is 321 g/mol. The minimum absolute atomic E-state index is 0.0567. The molecule has 0 atom stereocenters. The third-order valence-corrected chi connectivity index (χ3v) is 4.24. The number of hydrogen-bond acceptors (Lipinski definition) is 6. The molecule has 0 bridgehead atoms. The Morgan fingerprint density at radius 1 is 1.36 bits per heavy atom. The van der Waals surface area contributed by atoms with Crippen LogP contribution in [0.15, 0.2) is 18.5 Å². The van der Waals surface area contributed by atoms with Gasteiger partial charge in [0.2, 0.25) is 0 Å². The first-order valence-corrected chi connectivity index (χ1v) is 7.46. The number of benzene rings is 1. The summed E-state index contributed by atoms with van der Waals surface area (Å²) in [6.07, 6.45) is 3.44. The topological polar surface area (TPSA) is 84.2 Å². The van der Waals surface area contributed by atoms with Gasteiger partial charge in [0.25, 0.3) is 5.69 Å². The van der Waals surface area contributed by atoms with Crippen molar-refractivity contribution in [2.24, 2.45) is 0 Å². The zero-order valence-corrected chi connectivity index (χ0v) is 12.9. The maximum atomic E-state index is 11.0. The van der Waals surface area contributed by atoms with E-state index in [1.807, 2.05) is 0 Å². The zero-order valence-electron chi connectivity index (χ0n) is 12.1. The number of nitro benzene ring substituents is 1. The highest BCUT2D eigenvalue weighted by atomic mass is 35.5. The van der Waals surface area contributed by atoms with Crippen LogP contribution in [0.3, 0.4) is 0 Å². The van der Waals surface area contributed by atoms with Crippen LogP contribution < -0.4 is 5.32 Å². The molecule has 1 aliphatic heterocycles. The number of halogens is 1. The summed E-state index contributed by atoms with van der Waals surface area (Å²) in [5.41, 5.74) is 0.469. The second-order valence-electron chi connectivity index (χ2n) is 5.53. The lowest BCUT2D eigenvalue weighted by Gasteiger charge is -2.30. The molecule has 8 heteroatoms. The first-order chi connectivity index (χ1) is 10.5. The van der Waals surface area contributed by atoms with E-state index >= 15 is 0 Å². The molecule has 7 nitrogen and oxygen atoms in total. The summed E-state index contributed by atoms with van der Waals surface area (Å²) < 4.78 is 0. The Morgan fingerprint density at radius 2 is 2.09 bits per heavy atom. The Balaban J connectivity index is 1.96. The zero-order chi connectivity index (χ0) is 15.7. The molecule has 3 rings (SSSR count). The van der Waals surface area contributed by atoms with Crippen LogP contribution in [0.4, 0.5) is 11.5 Å². The van der Waals surface area contributed by atoms with Crippen molar-refractivity contribution < 1.29 is 4.92 Å². The number of non-ortho nitro benzene ring substituents is 1. The number of hydrogen-bond donors (Lipinski definition) is 1. The molecule has 22 heavy (non-hydrogen) atoms. The van der Waals surface area contributed by atoms with Crippen LogP contribution >= 0.6 is 11.6 Å². The van der Waals surface area contributed by atoms with Gasteiger partial charge in [-0.15, -0.1) is 0 Å². The summed E-state index contributed by atoms with van der Waals surface area (Å²) in [5.74, 6) is 0.602. The molecule has 1 aromatic heterocycles. The third kappa shape index (κ3) is 2.95. The summed E-state index contributed by atoms with van der Waals surface area (Å²) in [5, 5.41) is 15.2. The predicted octanol–water partition coefficient (Wildman–Crippen LogP) is 2.70. The van der Waals surface area contributed by atoms with E-state index in [0.29, 0.717) is 22.8 Å². The van der Waals surface area contributed by atoms with E-state index in [9.17, 15) is 10.1 Å². The Morgan fingerprint density at radius 3 is 2.77 bits per heavy atom. The van der Waals surface area contributed by atoms with Gasteiger partial charge in [-0.05, 0) is 33.0 Å². The van der Waals surface area contributed by atoms with Crippen molar-refractivity contribution in [3.05, 3.63) is 33.6 Å². The summed E-state index contributed by atoms with van der Waals surface area (Å²) >= 11 is 6.11. The lowest BCUT2D eigenvalue weighted by atomic mass is 10.1. The molecular formula is C14H16ClN5O2. The molecule has 2 heterocycles. The first kappa shape index (κ1) is 14.9. The number of fused-ring (bicyclic) bond motifs is 1. The second-order valence-corrected chi connectivity index (χ2v) is 5.93. The molecule has 0 unspecified atom stereocenters. The predicted molar refractivity (Wildman–Crippen MR) is 85.3 cm³/mol. The molecule has 1 aliphatic rings. The maximum Gasteiger partial charge on any atom is 0.271 e. The van der Waals surface area contributed by atoms with Crippen LogP contribution in [-0.4, -0.2) is 46.0 Å². The van der Waals surface area contributed by atoms with Crippen molar-refractivity contribution in [3.8, 4) is 0 Å². The van der Waals surface area contributed by atoms with E-state index in [0.717, 1.165) is 25.9 Å². The highest BCUT2D eigenvalue weighted by Crippen LogP contribution is 2.31. The van der Waals surface area contributed by atoms with E-state index in [-0.39, 0.29) is 10.7 Å². The molecular weight excluding hydrogens is 306 g/mol. The van der Waals surface area contributed by atoms with Gasteiger partial charge in [0, 0.05) is 18.2 Å². The van der Waals surface area contributed by atoms with Gasteiger partial charge in [0.15, 0.2) is 0 Å². The van der Waals surface area contributed by atoms with Crippen molar-refractivity contribution in [3.63, 3.8) is 0 Å². The summed E-state index contributed by atoms with van der Waals surface area (Å²) in [7, 11) is 2.10. The van der Waals surface area contributed by atoms with Crippen LogP contribution in [-0.2, 0) is 0 Å².